The zero-order valence-corrected chi connectivity index (χ0v) is 15.0. The molecule has 1 aliphatic heterocycles. The molecule has 0 aromatic carbocycles. The van der Waals surface area contributed by atoms with Crippen LogP contribution in [-0.2, 0) is 17.8 Å². The lowest BCUT2D eigenvalue weighted by Gasteiger charge is -2.33. The second-order valence-corrected chi connectivity index (χ2v) is 6.62. The number of amides is 1. The Morgan fingerprint density at radius 3 is 2.96 bits per heavy atom. The molecule has 3 rings (SSSR count). The summed E-state index contributed by atoms with van der Waals surface area (Å²) in [5, 5.41) is 7.44. The molecule has 1 aliphatic rings. The molecular weight excluding hydrogens is 316 g/mol. The fraction of sp³-hybridized carbons (Fsp3) is 0.556. The van der Waals surface area contributed by atoms with Crippen LogP contribution < -0.4 is 5.32 Å². The summed E-state index contributed by atoms with van der Waals surface area (Å²) in [5.41, 5.74) is 1.96. The Morgan fingerprint density at radius 1 is 1.36 bits per heavy atom. The van der Waals surface area contributed by atoms with Crippen LogP contribution in [0.2, 0.25) is 0 Å². The van der Waals surface area contributed by atoms with Gasteiger partial charge in [0.25, 0.3) is 0 Å². The Kier molecular flexibility index (Phi) is 5.63. The molecule has 134 valence electrons. The number of anilines is 1. The van der Waals surface area contributed by atoms with Crippen LogP contribution in [0, 0.1) is 12.8 Å². The Morgan fingerprint density at radius 2 is 2.20 bits per heavy atom. The van der Waals surface area contributed by atoms with Gasteiger partial charge >= 0.3 is 0 Å². The van der Waals surface area contributed by atoms with Crippen molar-refractivity contribution in [3.05, 3.63) is 36.0 Å². The third-order valence-corrected chi connectivity index (χ3v) is 4.69. The molecule has 0 bridgehead atoms. The van der Waals surface area contributed by atoms with E-state index in [9.17, 15) is 4.79 Å². The Balaban J connectivity index is 1.54. The van der Waals surface area contributed by atoms with Crippen molar-refractivity contribution in [2.24, 2.45) is 5.92 Å². The summed E-state index contributed by atoms with van der Waals surface area (Å²) < 4.78 is 1.84. The van der Waals surface area contributed by atoms with Gasteiger partial charge < -0.3 is 10.2 Å². The molecule has 2 aromatic heterocycles. The fourth-order valence-corrected chi connectivity index (χ4v) is 3.41. The Labute approximate surface area is 148 Å². The van der Waals surface area contributed by atoms with Gasteiger partial charge in [-0.3, -0.25) is 14.5 Å². The van der Waals surface area contributed by atoms with Gasteiger partial charge in [-0.05, 0) is 38.2 Å². The first-order chi connectivity index (χ1) is 12.2. The molecule has 0 unspecified atom stereocenters. The van der Waals surface area contributed by atoms with Gasteiger partial charge in [0.05, 0.1) is 11.4 Å². The molecule has 1 atom stereocenters. The number of hydrogen-bond acceptors (Lipinski definition) is 5. The second kappa shape index (κ2) is 8.09. The van der Waals surface area contributed by atoms with Gasteiger partial charge in [-0.2, -0.15) is 5.10 Å². The van der Waals surface area contributed by atoms with Crippen molar-refractivity contribution in [1.29, 1.82) is 0 Å². The summed E-state index contributed by atoms with van der Waals surface area (Å²) in [6.45, 7) is 4.25. The molecule has 0 aliphatic carbocycles. The standard InChI is InChI=1S/C18H26N6O/c1-14-5-10-24(22-14)11-6-17(25)23-9-3-4-15(13-23)12-16-18(19-2)21-8-7-20-16/h5,7-8,10,15H,3-4,6,9,11-13H2,1-2H3,(H,19,21)/t15-/m0/s1. The number of nitrogens with zero attached hydrogens (tertiary/aromatic N) is 5. The molecule has 25 heavy (non-hydrogen) atoms. The maximum Gasteiger partial charge on any atom is 0.224 e. The smallest absolute Gasteiger partial charge is 0.224 e. The highest BCUT2D eigenvalue weighted by atomic mass is 16.2. The van der Waals surface area contributed by atoms with Crippen LogP contribution >= 0.6 is 0 Å². The van der Waals surface area contributed by atoms with E-state index in [2.05, 4.69) is 20.4 Å². The van der Waals surface area contributed by atoms with E-state index in [4.69, 9.17) is 0 Å². The van der Waals surface area contributed by atoms with Crippen molar-refractivity contribution >= 4 is 11.7 Å². The lowest BCUT2D eigenvalue weighted by atomic mass is 9.93. The van der Waals surface area contributed by atoms with E-state index in [0.29, 0.717) is 18.9 Å². The highest BCUT2D eigenvalue weighted by Crippen LogP contribution is 2.23. The number of nitrogens with one attached hydrogen (secondary N) is 1. The Bertz CT molecular complexity index is 713. The number of piperidine rings is 1. The predicted octanol–water partition coefficient (Wildman–Crippen LogP) is 1.89. The first kappa shape index (κ1) is 17.4. The molecule has 0 saturated carbocycles. The quantitative estimate of drug-likeness (QED) is 0.868. The van der Waals surface area contributed by atoms with Crippen molar-refractivity contribution in [2.75, 3.05) is 25.5 Å². The van der Waals surface area contributed by atoms with Gasteiger partial charge in [0.2, 0.25) is 5.91 Å². The summed E-state index contributed by atoms with van der Waals surface area (Å²) >= 11 is 0. The average molecular weight is 342 g/mol. The van der Waals surface area contributed by atoms with Crippen LogP contribution in [0.15, 0.2) is 24.7 Å². The Hall–Kier alpha value is -2.44. The number of aryl methyl sites for hydroxylation is 2. The van der Waals surface area contributed by atoms with Crippen molar-refractivity contribution in [1.82, 2.24) is 24.6 Å². The second-order valence-electron chi connectivity index (χ2n) is 6.62. The molecule has 3 heterocycles. The molecule has 1 fully saturated rings. The van der Waals surface area contributed by atoms with Crippen molar-refractivity contribution in [3.8, 4) is 0 Å². The zero-order chi connectivity index (χ0) is 17.6. The average Bonchev–Trinajstić information content (AvgIpc) is 3.06. The molecule has 1 N–H and O–H groups in total. The van der Waals surface area contributed by atoms with E-state index in [0.717, 1.165) is 49.6 Å². The van der Waals surface area contributed by atoms with Crippen molar-refractivity contribution in [3.63, 3.8) is 0 Å². The van der Waals surface area contributed by atoms with Crippen LogP contribution in [0.3, 0.4) is 0 Å². The lowest BCUT2D eigenvalue weighted by Crippen LogP contribution is -2.41. The van der Waals surface area contributed by atoms with Gasteiger partial charge in [0, 0.05) is 51.7 Å². The SMILES string of the molecule is CNc1nccnc1C[C@@H]1CCCN(C(=O)CCn2ccc(C)n2)C1. The van der Waals surface area contributed by atoms with Crippen LogP contribution in [-0.4, -0.2) is 50.7 Å². The third kappa shape index (κ3) is 4.55. The highest BCUT2D eigenvalue weighted by Gasteiger charge is 2.24. The van der Waals surface area contributed by atoms with Crippen LogP contribution in [0.1, 0.15) is 30.7 Å². The van der Waals surface area contributed by atoms with E-state index in [1.165, 1.54) is 0 Å². The van der Waals surface area contributed by atoms with Crippen LogP contribution in [0.25, 0.3) is 0 Å². The minimum absolute atomic E-state index is 0.214. The van der Waals surface area contributed by atoms with Gasteiger partial charge in [-0.25, -0.2) is 4.98 Å². The largest absolute Gasteiger partial charge is 0.372 e. The maximum atomic E-state index is 12.5. The summed E-state index contributed by atoms with van der Waals surface area (Å²) in [7, 11) is 1.86. The summed E-state index contributed by atoms with van der Waals surface area (Å²) in [6, 6.07) is 1.96. The predicted molar refractivity (Wildman–Crippen MR) is 96.2 cm³/mol. The number of carbonyl (C=O) groups excluding carboxylic acids is 1. The number of likely N-dealkylation sites (tertiary alicyclic amines) is 1. The number of carbonyl (C=O) groups is 1. The van der Waals surface area contributed by atoms with Crippen molar-refractivity contribution in [2.45, 2.75) is 39.2 Å². The van der Waals surface area contributed by atoms with Gasteiger partial charge in [0.15, 0.2) is 0 Å². The maximum absolute atomic E-state index is 12.5. The minimum Gasteiger partial charge on any atom is -0.372 e. The monoisotopic (exact) mass is 342 g/mol. The van der Waals surface area contributed by atoms with Gasteiger partial charge in [-0.15, -0.1) is 0 Å². The number of hydrogen-bond donors (Lipinski definition) is 1. The fourth-order valence-electron chi connectivity index (χ4n) is 3.41. The molecule has 2 aromatic rings. The number of rotatable bonds is 6. The summed E-state index contributed by atoms with van der Waals surface area (Å²) in [5.74, 6) is 1.49. The van der Waals surface area contributed by atoms with Crippen LogP contribution in [0.4, 0.5) is 5.82 Å². The van der Waals surface area contributed by atoms with E-state index in [1.54, 1.807) is 12.4 Å². The van der Waals surface area contributed by atoms with Crippen molar-refractivity contribution < 1.29 is 4.79 Å². The van der Waals surface area contributed by atoms with Crippen LogP contribution in [0.5, 0.6) is 0 Å². The normalized spacial score (nSPS) is 17.5. The third-order valence-electron chi connectivity index (χ3n) is 4.69. The van der Waals surface area contributed by atoms with E-state index < -0.39 is 0 Å². The van der Waals surface area contributed by atoms with E-state index in [-0.39, 0.29) is 5.91 Å². The molecule has 7 nitrogen and oxygen atoms in total. The van der Waals surface area contributed by atoms with E-state index >= 15 is 0 Å². The molecule has 7 heteroatoms. The van der Waals surface area contributed by atoms with E-state index in [1.807, 2.05) is 35.8 Å². The molecule has 0 spiro atoms. The molecule has 1 saturated heterocycles. The first-order valence-corrected chi connectivity index (χ1v) is 8.91. The zero-order valence-electron chi connectivity index (χ0n) is 15.0. The van der Waals surface area contributed by atoms with Gasteiger partial charge in [0.1, 0.15) is 5.82 Å². The molecule has 0 radical (unpaired) electrons. The molecular formula is C18H26N6O. The topological polar surface area (TPSA) is 75.9 Å². The number of aromatic nitrogens is 4. The molecule has 1 amide bonds. The minimum atomic E-state index is 0.214. The lowest BCUT2D eigenvalue weighted by molar-refractivity contribution is -0.133. The first-order valence-electron chi connectivity index (χ1n) is 8.91. The highest BCUT2D eigenvalue weighted by molar-refractivity contribution is 5.76. The summed E-state index contributed by atoms with van der Waals surface area (Å²) in [6.07, 6.45) is 8.88. The van der Waals surface area contributed by atoms with Gasteiger partial charge in [-0.1, -0.05) is 0 Å². The summed E-state index contributed by atoms with van der Waals surface area (Å²) in [4.78, 5) is 23.3.